The zero-order valence-electron chi connectivity index (χ0n) is 22.3. The molecule has 7 nitrogen and oxygen atoms in total. The van der Waals surface area contributed by atoms with Gasteiger partial charge in [-0.05, 0) is 69.4 Å². The molecule has 2 aromatic rings. The Morgan fingerprint density at radius 3 is 2.21 bits per heavy atom. The van der Waals surface area contributed by atoms with Crippen LogP contribution in [-0.2, 0) is 14.4 Å². The summed E-state index contributed by atoms with van der Waals surface area (Å²) < 4.78 is 11.8. The highest BCUT2D eigenvalue weighted by molar-refractivity contribution is 6.33. The van der Waals surface area contributed by atoms with E-state index in [4.69, 9.17) is 21.1 Å². The number of nitrogens with one attached hydrogen (secondary N) is 1. The Morgan fingerprint density at radius 1 is 0.923 bits per heavy atom. The Balaban J connectivity index is 1.47. The van der Waals surface area contributed by atoms with Gasteiger partial charge in [-0.15, -0.1) is 0 Å². The summed E-state index contributed by atoms with van der Waals surface area (Å²) in [6.07, 6.45) is 4.29. The van der Waals surface area contributed by atoms with Crippen molar-refractivity contribution in [2.24, 2.45) is 0 Å². The van der Waals surface area contributed by atoms with Crippen molar-refractivity contribution in [1.29, 1.82) is 0 Å². The van der Waals surface area contributed by atoms with Crippen LogP contribution in [0.1, 0.15) is 63.9 Å². The normalized spacial score (nSPS) is 17.7. The van der Waals surface area contributed by atoms with Gasteiger partial charge in [0.15, 0.2) is 29.7 Å². The largest absolute Gasteiger partial charge is 0.490 e. The second-order valence-corrected chi connectivity index (χ2v) is 10.3. The number of carbonyl (C=O) groups excluding carboxylic acids is 3. The predicted octanol–water partition coefficient (Wildman–Crippen LogP) is 6.19. The maximum Gasteiger partial charge on any atom is 0.262 e. The molecule has 1 heterocycles. The first-order chi connectivity index (χ1) is 18.9. The van der Waals surface area contributed by atoms with Gasteiger partial charge in [-0.1, -0.05) is 29.8 Å². The van der Waals surface area contributed by atoms with E-state index in [1.807, 2.05) is 19.1 Å². The molecule has 0 saturated heterocycles. The quantitative estimate of drug-likeness (QED) is 0.423. The summed E-state index contributed by atoms with van der Waals surface area (Å²) in [4.78, 5) is 41.5. The van der Waals surface area contributed by atoms with Crippen molar-refractivity contribution in [3.8, 4) is 11.5 Å². The highest BCUT2D eigenvalue weighted by atomic mass is 35.5. The van der Waals surface area contributed by atoms with Crippen molar-refractivity contribution in [1.82, 2.24) is 4.90 Å². The Labute approximate surface area is 233 Å². The number of anilines is 1. The van der Waals surface area contributed by atoms with Gasteiger partial charge >= 0.3 is 0 Å². The molecule has 5 rings (SSSR count). The number of carbonyl (C=O) groups is 3. The number of para-hydroxylation sites is 1. The van der Waals surface area contributed by atoms with Gasteiger partial charge in [-0.2, -0.15) is 0 Å². The second-order valence-electron chi connectivity index (χ2n) is 9.91. The molecule has 2 aromatic carbocycles. The lowest BCUT2D eigenvalue weighted by molar-refractivity contribution is -0.118. The molecule has 3 aliphatic rings. The highest BCUT2D eigenvalue weighted by Gasteiger charge is 2.43. The average molecular weight is 549 g/mol. The number of ketones is 2. The summed E-state index contributed by atoms with van der Waals surface area (Å²) in [6.45, 7) is 4.84. The van der Waals surface area contributed by atoms with Crippen LogP contribution in [0.4, 0.5) is 5.69 Å². The van der Waals surface area contributed by atoms with Crippen molar-refractivity contribution < 1.29 is 23.9 Å². The van der Waals surface area contributed by atoms with E-state index < -0.39 is 5.92 Å². The number of allylic oxidation sites excluding steroid dienone is 4. The van der Waals surface area contributed by atoms with E-state index in [1.165, 1.54) is 0 Å². The van der Waals surface area contributed by atoms with Crippen LogP contribution in [0.3, 0.4) is 0 Å². The average Bonchev–Trinajstić information content (AvgIpc) is 2.93. The van der Waals surface area contributed by atoms with Crippen LogP contribution in [-0.4, -0.2) is 42.1 Å². The van der Waals surface area contributed by atoms with Gasteiger partial charge in [0.2, 0.25) is 0 Å². The number of amides is 1. The fraction of sp³-hybridized carbons (Fsp3) is 0.387. The van der Waals surface area contributed by atoms with Crippen LogP contribution in [0.15, 0.2) is 65.0 Å². The number of Topliss-reactive ketones (excluding diaryl/α,β-unsaturated/α-hetero) is 2. The number of halogens is 1. The van der Waals surface area contributed by atoms with Crippen LogP contribution in [0.5, 0.6) is 11.5 Å². The van der Waals surface area contributed by atoms with Crippen LogP contribution >= 0.6 is 11.6 Å². The molecule has 1 aliphatic heterocycles. The van der Waals surface area contributed by atoms with Gasteiger partial charge < -0.3 is 19.7 Å². The van der Waals surface area contributed by atoms with Gasteiger partial charge in [-0.3, -0.25) is 14.4 Å². The second kappa shape index (κ2) is 11.7. The molecule has 0 saturated carbocycles. The SMILES string of the molecule is CCOc1cc(C2C3=C(CCCC3=O)N(CC)C3=C2C(=O)CCC3)ccc1OCC(=O)Nc1ccccc1Cl. The maximum atomic E-state index is 13.4. The molecule has 0 spiro atoms. The molecule has 0 radical (unpaired) electrons. The lowest BCUT2D eigenvalue weighted by Crippen LogP contribution is -2.39. The van der Waals surface area contributed by atoms with Crippen molar-refractivity contribution in [3.63, 3.8) is 0 Å². The Bertz CT molecular complexity index is 1330. The number of hydrogen-bond acceptors (Lipinski definition) is 6. The third kappa shape index (κ3) is 5.33. The van der Waals surface area contributed by atoms with E-state index in [9.17, 15) is 14.4 Å². The molecule has 0 bridgehead atoms. The topological polar surface area (TPSA) is 84.9 Å². The zero-order chi connectivity index (χ0) is 27.5. The molecule has 0 aromatic heterocycles. The van der Waals surface area contributed by atoms with Gasteiger partial charge in [0.25, 0.3) is 5.91 Å². The zero-order valence-corrected chi connectivity index (χ0v) is 23.1. The molecule has 8 heteroatoms. The third-order valence-electron chi connectivity index (χ3n) is 7.51. The summed E-state index contributed by atoms with van der Waals surface area (Å²) in [5.41, 5.74) is 4.93. The molecule has 39 heavy (non-hydrogen) atoms. The lowest BCUT2D eigenvalue weighted by Gasteiger charge is -2.43. The Hall–Kier alpha value is -3.58. The molecule has 1 N–H and O–H groups in total. The first-order valence-electron chi connectivity index (χ1n) is 13.7. The summed E-state index contributed by atoms with van der Waals surface area (Å²) >= 11 is 6.15. The molecular formula is C31H33ClN2O5. The van der Waals surface area contributed by atoms with Crippen LogP contribution < -0.4 is 14.8 Å². The van der Waals surface area contributed by atoms with E-state index in [0.29, 0.717) is 41.7 Å². The Morgan fingerprint density at radius 2 is 1.59 bits per heavy atom. The minimum absolute atomic E-state index is 0.110. The highest BCUT2D eigenvalue weighted by Crippen LogP contribution is 2.50. The number of benzene rings is 2. The summed E-state index contributed by atoms with van der Waals surface area (Å²) in [5.74, 6) is 0.323. The van der Waals surface area contributed by atoms with E-state index in [0.717, 1.165) is 60.3 Å². The summed E-state index contributed by atoms with van der Waals surface area (Å²) in [6, 6.07) is 12.5. The molecular weight excluding hydrogens is 516 g/mol. The number of nitrogens with zero attached hydrogens (tertiary/aromatic N) is 1. The summed E-state index contributed by atoms with van der Waals surface area (Å²) in [5, 5.41) is 3.19. The number of rotatable bonds is 8. The molecule has 204 valence electrons. The fourth-order valence-electron chi connectivity index (χ4n) is 5.92. The van der Waals surface area contributed by atoms with Crippen molar-refractivity contribution in [2.45, 2.75) is 58.3 Å². The van der Waals surface area contributed by atoms with Crippen molar-refractivity contribution in [3.05, 3.63) is 75.6 Å². The Kier molecular flexibility index (Phi) is 8.07. The standard InChI is InChI=1S/C31H33ClN2O5/c1-3-34-22-11-7-13-24(35)30(22)29(31-23(34)12-8-14-25(31)36)19-15-16-26(27(17-19)38-4-2)39-18-28(37)33-21-10-6-5-9-20(21)32/h5-6,9-10,15-17,29H,3-4,7-8,11-14,18H2,1-2H3,(H,33,37). The minimum atomic E-state index is -0.421. The predicted molar refractivity (Wildman–Crippen MR) is 150 cm³/mol. The first kappa shape index (κ1) is 27.0. The van der Waals surface area contributed by atoms with E-state index in [2.05, 4.69) is 17.1 Å². The lowest BCUT2D eigenvalue weighted by atomic mass is 9.71. The molecule has 2 aliphatic carbocycles. The monoisotopic (exact) mass is 548 g/mol. The van der Waals surface area contributed by atoms with Gasteiger partial charge in [0.05, 0.1) is 17.3 Å². The smallest absolute Gasteiger partial charge is 0.262 e. The van der Waals surface area contributed by atoms with E-state index in [1.54, 1.807) is 30.3 Å². The van der Waals surface area contributed by atoms with Crippen molar-refractivity contribution in [2.75, 3.05) is 25.1 Å². The number of ether oxygens (including phenoxy) is 2. The van der Waals surface area contributed by atoms with E-state index in [-0.39, 0.29) is 24.1 Å². The molecule has 0 fully saturated rings. The van der Waals surface area contributed by atoms with Crippen LogP contribution in [0, 0.1) is 0 Å². The number of hydrogen-bond donors (Lipinski definition) is 1. The fourth-order valence-corrected chi connectivity index (χ4v) is 6.10. The third-order valence-corrected chi connectivity index (χ3v) is 7.84. The minimum Gasteiger partial charge on any atom is -0.490 e. The molecule has 1 amide bonds. The first-order valence-corrected chi connectivity index (χ1v) is 14.0. The van der Waals surface area contributed by atoms with Gasteiger partial charge in [0, 0.05) is 47.8 Å². The van der Waals surface area contributed by atoms with Gasteiger partial charge in [-0.25, -0.2) is 0 Å². The summed E-state index contributed by atoms with van der Waals surface area (Å²) in [7, 11) is 0. The van der Waals surface area contributed by atoms with E-state index >= 15 is 0 Å². The van der Waals surface area contributed by atoms with Crippen LogP contribution in [0.25, 0.3) is 0 Å². The maximum absolute atomic E-state index is 13.4. The molecule has 0 unspecified atom stereocenters. The van der Waals surface area contributed by atoms with Gasteiger partial charge in [0.1, 0.15) is 0 Å². The molecule has 0 atom stereocenters. The van der Waals surface area contributed by atoms with Crippen LogP contribution in [0.2, 0.25) is 5.02 Å². The van der Waals surface area contributed by atoms with Crippen molar-refractivity contribution >= 4 is 34.8 Å².